The van der Waals surface area contributed by atoms with Crippen LogP contribution in [0, 0.1) is 11.8 Å². The molecule has 0 aromatic heterocycles. The van der Waals surface area contributed by atoms with Crippen molar-refractivity contribution < 1.29 is 24.3 Å². The summed E-state index contributed by atoms with van der Waals surface area (Å²) in [5.74, 6) is -2.48. The van der Waals surface area contributed by atoms with E-state index in [0.717, 1.165) is 0 Å². The van der Waals surface area contributed by atoms with Gasteiger partial charge < -0.3 is 26.8 Å². The highest BCUT2D eigenvalue weighted by Crippen LogP contribution is 2.07. The van der Waals surface area contributed by atoms with E-state index in [1.165, 1.54) is 6.92 Å². The Morgan fingerprint density at radius 1 is 0.808 bits per heavy atom. The summed E-state index contributed by atoms with van der Waals surface area (Å²) in [6, 6.07) is -2.78. The summed E-state index contributed by atoms with van der Waals surface area (Å²) in [7, 11) is 0. The van der Waals surface area contributed by atoms with Crippen LogP contribution in [-0.4, -0.2) is 53.5 Å². The molecule has 0 aromatic rings. The fraction of sp³-hybridized carbons (Fsp3) is 0.765. The highest BCUT2D eigenvalue weighted by atomic mass is 16.4. The van der Waals surface area contributed by atoms with Gasteiger partial charge in [-0.2, -0.15) is 0 Å². The molecule has 0 aliphatic heterocycles. The Labute approximate surface area is 154 Å². The predicted molar refractivity (Wildman–Crippen MR) is 97.1 cm³/mol. The van der Waals surface area contributed by atoms with Crippen LogP contribution in [0.5, 0.6) is 0 Å². The van der Waals surface area contributed by atoms with Gasteiger partial charge >= 0.3 is 5.97 Å². The Kier molecular flexibility index (Phi) is 10.5. The predicted octanol–water partition coefficient (Wildman–Crippen LogP) is -0.404. The Morgan fingerprint density at radius 2 is 1.31 bits per heavy atom. The number of carboxylic acids is 1. The van der Waals surface area contributed by atoms with Crippen LogP contribution < -0.4 is 21.7 Å². The van der Waals surface area contributed by atoms with Crippen molar-refractivity contribution in [3.63, 3.8) is 0 Å². The smallest absolute Gasteiger partial charge is 0.326 e. The van der Waals surface area contributed by atoms with Crippen molar-refractivity contribution in [3.05, 3.63) is 0 Å². The van der Waals surface area contributed by atoms with Gasteiger partial charge in [0.2, 0.25) is 17.7 Å². The molecular weight excluding hydrogens is 340 g/mol. The molecule has 3 amide bonds. The van der Waals surface area contributed by atoms with E-state index >= 15 is 0 Å². The molecule has 9 nitrogen and oxygen atoms in total. The minimum atomic E-state index is -1.13. The van der Waals surface area contributed by atoms with E-state index in [2.05, 4.69) is 16.0 Å². The number of carbonyl (C=O) groups excluding carboxylic acids is 3. The molecule has 3 unspecified atom stereocenters. The van der Waals surface area contributed by atoms with E-state index < -0.39 is 41.8 Å². The molecule has 0 radical (unpaired) electrons. The van der Waals surface area contributed by atoms with E-state index in [0.29, 0.717) is 6.42 Å². The first kappa shape index (κ1) is 23.8. The number of hydrogen-bond donors (Lipinski definition) is 5. The monoisotopic (exact) mass is 372 g/mol. The zero-order valence-electron chi connectivity index (χ0n) is 16.2. The molecule has 0 rings (SSSR count). The number of nitrogens with one attached hydrogen (secondary N) is 3. The van der Waals surface area contributed by atoms with Crippen LogP contribution in [0.2, 0.25) is 0 Å². The lowest BCUT2D eigenvalue weighted by molar-refractivity contribution is -0.142. The molecule has 0 saturated heterocycles. The third-order valence-corrected chi connectivity index (χ3v) is 3.62. The van der Waals surface area contributed by atoms with E-state index in [1.807, 2.05) is 27.7 Å². The molecule has 0 aromatic carbocycles. The highest BCUT2D eigenvalue weighted by molar-refractivity contribution is 5.93. The standard InChI is InChI=1S/C17H32N4O5/c1-9(2)6-12(20-14(22)8-18)16(24)19-11(5)15(23)21-13(17(25)26)7-10(3)4/h9-13H,6-8,18H2,1-5H3,(H,19,24)(H,20,22)(H,21,23)(H,25,26). The van der Waals surface area contributed by atoms with Crippen molar-refractivity contribution >= 4 is 23.7 Å². The average Bonchev–Trinajstić information content (AvgIpc) is 2.52. The third kappa shape index (κ3) is 9.36. The number of hydrogen-bond acceptors (Lipinski definition) is 5. The molecule has 0 fully saturated rings. The van der Waals surface area contributed by atoms with Crippen LogP contribution >= 0.6 is 0 Å². The molecule has 9 heteroatoms. The van der Waals surface area contributed by atoms with Gasteiger partial charge in [0.1, 0.15) is 18.1 Å². The number of aliphatic carboxylic acids is 1. The van der Waals surface area contributed by atoms with Gasteiger partial charge in [0.25, 0.3) is 0 Å². The summed E-state index contributed by atoms with van der Waals surface area (Å²) < 4.78 is 0. The van der Waals surface area contributed by atoms with Crippen LogP contribution in [0.15, 0.2) is 0 Å². The average molecular weight is 372 g/mol. The molecular formula is C17H32N4O5. The van der Waals surface area contributed by atoms with Gasteiger partial charge in [-0.25, -0.2) is 4.79 Å². The maximum Gasteiger partial charge on any atom is 0.326 e. The van der Waals surface area contributed by atoms with Crippen molar-refractivity contribution in [1.82, 2.24) is 16.0 Å². The van der Waals surface area contributed by atoms with Gasteiger partial charge in [-0.3, -0.25) is 14.4 Å². The number of carboxylic acid groups (broad SMARTS) is 1. The number of nitrogens with two attached hydrogens (primary N) is 1. The molecule has 26 heavy (non-hydrogen) atoms. The summed E-state index contributed by atoms with van der Waals surface area (Å²) in [4.78, 5) is 47.3. The molecule has 150 valence electrons. The normalized spacial score (nSPS) is 14.5. The first-order valence-corrected chi connectivity index (χ1v) is 8.80. The van der Waals surface area contributed by atoms with Crippen molar-refractivity contribution in [2.24, 2.45) is 17.6 Å². The first-order valence-electron chi connectivity index (χ1n) is 8.80. The Balaban J connectivity index is 4.88. The van der Waals surface area contributed by atoms with E-state index in [9.17, 15) is 24.3 Å². The fourth-order valence-corrected chi connectivity index (χ4v) is 2.33. The van der Waals surface area contributed by atoms with Crippen molar-refractivity contribution in [1.29, 1.82) is 0 Å². The van der Waals surface area contributed by atoms with E-state index in [-0.39, 0.29) is 24.8 Å². The lowest BCUT2D eigenvalue weighted by atomic mass is 10.0. The Bertz CT molecular complexity index is 507. The van der Waals surface area contributed by atoms with Crippen molar-refractivity contribution in [3.8, 4) is 0 Å². The van der Waals surface area contributed by atoms with Crippen LogP contribution in [0.1, 0.15) is 47.5 Å². The van der Waals surface area contributed by atoms with Gasteiger partial charge in [-0.15, -0.1) is 0 Å². The van der Waals surface area contributed by atoms with Gasteiger partial charge in [0.15, 0.2) is 0 Å². The van der Waals surface area contributed by atoms with E-state index in [1.54, 1.807) is 0 Å². The minimum absolute atomic E-state index is 0.0863. The van der Waals surface area contributed by atoms with Crippen molar-refractivity contribution in [2.45, 2.75) is 65.6 Å². The van der Waals surface area contributed by atoms with Crippen LogP contribution in [0.4, 0.5) is 0 Å². The highest BCUT2D eigenvalue weighted by Gasteiger charge is 2.27. The van der Waals surface area contributed by atoms with Crippen molar-refractivity contribution in [2.75, 3.05) is 6.54 Å². The summed E-state index contributed by atoms with van der Waals surface area (Å²) in [6.45, 7) is 8.71. The Hall–Kier alpha value is -2.16. The van der Waals surface area contributed by atoms with Gasteiger partial charge in [0, 0.05) is 0 Å². The minimum Gasteiger partial charge on any atom is -0.480 e. The third-order valence-electron chi connectivity index (χ3n) is 3.62. The molecule has 0 heterocycles. The number of amides is 3. The maximum absolute atomic E-state index is 12.4. The summed E-state index contributed by atoms with van der Waals surface area (Å²) >= 11 is 0. The summed E-state index contributed by atoms with van der Waals surface area (Å²) in [5.41, 5.74) is 5.26. The molecule has 0 saturated carbocycles. The van der Waals surface area contributed by atoms with Gasteiger partial charge in [-0.05, 0) is 31.6 Å². The van der Waals surface area contributed by atoms with E-state index in [4.69, 9.17) is 5.73 Å². The second kappa shape index (κ2) is 11.5. The number of carbonyl (C=O) groups is 4. The molecule has 3 atom stereocenters. The quantitative estimate of drug-likeness (QED) is 0.333. The lowest BCUT2D eigenvalue weighted by Gasteiger charge is -2.23. The second-order valence-electron chi connectivity index (χ2n) is 7.21. The summed E-state index contributed by atoms with van der Waals surface area (Å²) in [5, 5.41) is 16.6. The second-order valence-corrected chi connectivity index (χ2v) is 7.21. The molecule has 0 spiro atoms. The molecule has 0 bridgehead atoms. The zero-order valence-corrected chi connectivity index (χ0v) is 16.2. The Morgan fingerprint density at radius 3 is 1.73 bits per heavy atom. The largest absolute Gasteiger partial charge is 0.480 e. The van der Waals surface area contributed by atoms with Crippen LogP contribution in [0.3, 0.4) is 0 Å². The van der Waals surface area contributed by atoms with Crippen LogP contribution in [-0.2, 0) is 19.2 Å². The van der Waals surface area contributed by atoms with Crippen LogP contribution in [0.25, 0.3) is 0 Å². The SMILES string of the molecule is CC(C)CC(NC(=O)C(C)NC(=O)C(CC(C)C)NC(=O)CN)C(=O)O. The number of rotatable bonds is 11. The molecule has 0 aliphatic rings. The lowest BCUT2D eigenvalue weighted by Crippen LogP contribution is -2.55. The first-order chi connectivity index (χ1) is 12.0. The maximum atomic E-state index is 12.4. The molecule has 6 N–H and O–H groups in total. The zero-order chi connectivity index (χ0) is 20.4. The molecule has 0 aliphatic carbocycles. The summed E-state index contributed by atoms with van der Waals surface area (Å²) in [6.07, 6.45) is 0.668. The fourth-order valence-electron chi connectivity index (χ4n) is 2.33. The van der Waals surface area contributed by atoms with Gasteiger partial charge in [-0.1, -0.05) is 27.7 Å². The van der Waals surface area contributed by atoms with Gasteiger partial charge in [0.05, 0.1) is 6.54 Å². The topological polar surface area (TPSA) is 151 Å².